The number of rotatable bonds is 5. The van der Waals surface area contributed by atoms with Crippen LogP contribution in [0.15, 0.2) is 24.3 Å². The largest absolute Gasteiger partial charge is 0.491 e. The monoisotopic (exact) mass is 263 g/mol. The van der Waals surface area contributed by atoms with E-state index in [1.165, 1.54) is 6.42 Å². The first-order valence-corrected chi connectivity index (χ1v) is 7.01. The van der Waals surface area contributed by atoms with Crippen LogP contribution in [0.3, 0.4) is 0 Å². The number of nitrogens with two attached hydrogens (primary N) is 1. The van der Waals surface area contributed by atoms with Gasteiger partial charge in [0.15, 0.2) is 0 Å². The zero-order valence-electron chi connectivity index (χ0n) is 12.2. The second-order valence-corrected chi connectivity index (χ2v) is 6.05. The lowest BCUT2D eigenvalue weighted by Crippen LogP contribution is -2.46. The second-order valence-electron chi connectivity index (χ2n) is 6.05. The van der Waals surface area contributed by atoms with E-state index in [0.29, 0.717) is 13.2 Å². The van der Waals surface area contributed by atoms with Crippen LogP contribution in [0.2, 0.25) is 0 Å². The molecule has 2 rings (SSSR count). The molecule has 2 N–H and O–H groups in total. The number of hydrogen-bond acceptors (Lipinski definition) is 3. The van der Waals surface area contributed by atoms with Crippen molar-refractivity contribution in [3.8, 4) is 5.75 Å². The highest BCUT2D eigenvalue weighted by Gasteiger charge is 2.48. The van der Waals surface area contributed by atoms with Gasteiger partial charge in [0.25, 0.3) is 0 Å². The maximum Gasteiger partial charge on any atom is 0.124 e. The first kappa shape index (κ1) is 14.4. The summed E-state index contributed by atoms with van der Waals surface area (Å²) in [6.45, 7) is 5.66. The van der Waals surface area contributed by atoms with Gasteiger partial charge in [-0.2, -0.15) is 0 Å². The molecule has 1 aromatic carbocycles. The molecule has 0 aliphatic heterocycles. The van der Waals surface area contributed by atoms with Gasteiger partial charge >= 0.3 is 0 Å². The average molecular weight is 263 g/mol. The molecule has 19 heavy (non-hydrogen) atoms. The zero-order chi connectivity index (χ0) is 13.9. The lowest BCUT2D eigenvalue weighted by Gasteiger charge is -2.39. The quantitative estimate of drug-likeness (QED) is 0.830. The summed E-state index contributed by atoms with van der Waals surface area (Å²) in [4.78, 5) is 0. The number of para-hydroxylation sites is 1. The first-order chi connectivity index (χ1) is 9.01. The van der Waals surface area contributed by atoms with E-state index in [0.717, 1.165) is 24.2 Å². The lowest BCUT2D eigenvalue weighted by molar-refractivity contribution is 0.141. The molecule has 0 radical (unpaired) electrons. The van der Waals surface area contributed by atoms with E-state index < -0.39 is 0 Å². The summed E-state index contributed by atoms with van der Waals surface area (Å²) in [6.07, 6.45) is 3.36. The summed E-state index contributed by atoms with van der Waals surface area (Å²) in [7, 11) is 1.68. The van der Waals surface area contributed by atoms with Gasteiger partial charge in [-0.15, -0.1) is 0 Å². The van der Waals surface area contributed by atoms with Crippen molar-refractivity contribution in [2.24, 2.45) is 11.1 Å². The first-order valence-electron chi connectivity index (χ1n) is 7.01. The van der Waals surface area contributed by atoms with Crippen molar-refractivity contribution in [2.75, 3.05) is 20.3 Å². The Morgan fingerprint density at radius 2 is 1.89 bits per heavy atom. The van der Waals surface area contributed by atoms with Gasteiger partial charge in [-0.3, -0.25) is 0 Å². The molecular formula is C16H25NO2. The summed E-state index contributed by atoms with van der Waals surface area (Å²) in [5, 5.41) is 0. The molecule has 106 valence electrons. The molecule has 0 saturated heterocycles. The van der Waals surface area contributed by atoms with Gasteiger partial charge in [-0.05, 0) is 24.3 Å². The zero-order valence-corrected chi connectivity index (χ0v) is 12.2. The Labute approximate surface area is 116 Å². The normalized spacial score (nSPS) is 25.5. The fraction of sp³-hybridized carbons (Fsp3) is 0.625. The highest BCUT2D eigenvalue weighted by molar-refractivity contribution is 5.41. The summed E-state index contributed by atoms with van der Waals surface area (Å²) in [6, 6.07) is 8.15. The molecule has 0 spiro atoms. The molecule has 1 fully saturated rings. The Kier molecular flexibility index (Phi) is 4.16. The predicted octanol–water partition coefficient (Wildman–Crippen LogP) is 3.08. The van der Waals surface area contributed by atoms with E-state index in [1.54, 1.807) is 7.11 Å². The predicted molar refractivity (Wildman–Crippen MR) is 77.3 cm³/mol. The summed E-state index contributed by atoms with van der Waals surface area (Å²) in [5.74, 6) is 0.900. The SMILES string of the molecule is COCCOc1ccccc1C1(N)CCCC1(C)C. The van der Waals surface area contributed by atoms with Crippen LogP contribution in [-0.4, -0.2) is 20.3 Å². The minimum Gasteiger partial charge on any atom is -0.491 e. The molecule has 3 nitrogen and oxygen atoms in total. The number of methoxy groups -OCH3 is 1. The van der Waals surface area contributed by atoms with E-state index in [4.69, 9.17) is 15.2 Å². The third kappa shape index (κ3) is 2.63. The second kappa shape index (κ2) is 5.51. The van der Waals surface area contributed by atoms with Gasteiger partial charge in [0.1, 0.15) is 12.4 Å². The fourth-order valence-corrected chi connectivity index (χ4v) is 3.07. The van der Waals surface area contributed by atoms with Crippen molar-refractivity contribution in [3.63, 3.8) is 0 Å². The highest BCUT2D eigenvalue weighted by Crippen LogP contribution is 2.52. The van der Waals surface area contributed by atoms with Crippen LogP contribution in [0.5, 0.6) is 5.75 Å². The van der Waals surface area contributed by atoms with E-state index in [2.05, 4.69) is 19.9 Å². The Balaban J connectivity index is 2.29. The molecule has 0 heterocycles. The number of ether oxygens (including phenoxy) is 2. The Hall–Kier alpha value is -1.06. The Bertz CT molecular complexity index is 431. The molecule has 1 aliphatic rings. The van der Waals surface area contributed by atoms with Crippen LogP contribution < -0.4 is 10.5 Å². The average Bonchev–Trinajstić information content (AvgIpc) is 2.65. The number of benzene rings is 1. The fourth-order valence-electron chi connectivity index (χ4n) is 3.07. The van der Waals surface area contributed by atoms with Gasteiger partial charge in [-0.25, -0.2) is 0 Å². The van der Waals surface area contributed by atoms with Crippen molar-refractivity contribution >= 4 is 0 Å². The van der Waals surface area contributed by atoms with Crippen LogP contribution in [0, 0.1) is 5.41 Å². The Morgan fingerprint density at radius 3 is 2.53 bits per heavy atom. The molecule has 1 aliphatic carbocycles. The molecule has 0 bridgehead atoms. The van der Waals surface area contributed by atoms with Crippen molar-refractivity contribution in [2.45, 2.75) is 38.6 Å². The molecule has 1 aromatic rings. The van der Waals surface area contributed by atoms with E-state index in [-0.39, 0.29) is 11.0 Å². The maximum atomic E-state index is 6.75. The highest BCUT2D eigenvalue weighted by atomic mass is 16.5. The van der Waals surface area contributed by atoms with Crippen molar-refractivity contribution in [3.05, 3.63) is 29.8 Å². The van der Waals surface area contributed by atoms with Crippen molar-refractivity contribution in [1.29, 1.82) is 0 Å². The standard InChI is InChI=1S/C16H25NO2/c1-15(2)9-6-10-16(15,17)13-7-4-5-8-14(13)19-12-11-18-3/h4-5,7-8H,6,9-12,17H2,1-3H3. The molecule has 0 aromatic heterocycles. The van der Waals surface area contributed by atoms with Gasteiger partial charge in [0.2, 0.25) is 0 Å². The molecule has 1 atom stereocenters. The van der Waals surface area contributed by atoms with Gasteiger partial charge in [0.05, 0.1) is 6.61 Å². The lowest BCUT2D eigenvalue weighted by atomic mass is 9.71. The summed E-state index contributed by atoms with van der Waals surface area (Å²) < 4.78 is 10.9. The van der Waals surface area contributed by atoms with E-state index >= 15 is 0 Å². The van der Waals surface area contributed by atoms with Crippen molar-refractivity contribution < 1.29 is 9.47 Å². The third-order valence-corrected chi connectivity index (χ3v) is 4.49. The van der Waals surface area contributed by atoms with Gasteiger partial charge < -0.3 is 15.2 Å². The van der Waals surface area contributed by atoms with Crippen molar-refractivity contribution in [1.82, 2.24) is 0 Å². The summed E-state index contributed by atoms with van der Waals surface area (Å²) >= 11 is 0. The van der Waals surface area contributed by atoms with E-state index in [1.807, 2.05) is 18.2 Å². The smallest absolute Gasteiger partial charge is 0.124 e. The Morgan fingerprint density at radius 1 is 1.16 bits per heavy atom. The topological polar surface area (TPSA) is 44.5 Å². The minimum atomic E-state index is -0.295. The molecule has 0 amide bonds. The van der Waals surface area contributed by atoms with Gasteiger partial charge in [0, 0.05) is 18.2 Å². The summed E-state index contributed by atoms with van der Waals surface area (Å²) in [5.41, 5.74) is 7.69. The maximum absolute atomic E-state index is 6.75. The minimum absolute atomic E-state index is 0.105. The van der Waals surface area contributed by atoms with Crippen LogP contribution in [0.1, 0.15) is 38.7 Å². The van der Waals surface area contributed by atoms with Crippen LogP contribution in [0.25, 0.3) is 0 Å². The van der Waals surface area contributed by atoms with Crippen LogP contribution in [-0.2, 0) is 10.3 Å². The van der Waals surface area contributed by atoms with Gasteiger partial charge in [-0.1, -0.05) is 38.5 Å². The molecule has 3 heteroatoms. The third-order valence-electron chi connectivity index (χ3n) is 4.49. The van der Waals surface area contributed by atoms with E-state index in [9.17, 15) is 0 Å². The number of hydrogen-bond donors (Lipinski definition) is 1. The van der Waals surface area contributed by atoms with Crippen LogP contribution in [0.4, 0.5) is 0 Å². The molecule has 1 unspecified atom stereocenters. The molecular weight excluding hydrogens is 238 g/mol. The molecule has 1 saturated carbocycles. The van der Waals surface area contributed by atoms with Crippen LogP contribution >= 0.6 is 0 Å².